The van der Waals surface area contributed by atoms with Gasteiger partial charge >= 0.3 is 0 Å². The van der Waals surface area contributed by atoms with Crippen molar-refractivity contribution in [2.24, 2.45) is 0 Å². The van der Waals surface area contributed by atoms with Gasteiger partial charge in [-0.15, -0.1) is 0 Å². The van der Waals surface area contributed by atoms with E-state index in [2.05, 4.69) is 50.2 Å². The van der Waals surface area contributed by atoms with Crippen molar-refractivity contribution in [2.75, 3.05) is 0 Å². The third kappa shape index (κ3) is 3.77. The highest BCUT2D eigenvalue weighted by Crippen LogP contribution is 2.30. The molecule has 3 aromatic rings. The summed E-state index contributed by atoms with van der Waals surface area (Å²) in [5, 5.41) is 20.3. The van der Waals surface area contributed by atoms with E-state index in [1.165, 1.54) is 22.3 Å². The van der Waals surface area contributed by atoms with Gasteiger partial charge in [0.2, 0.25) is 0 Å². The van der Waals surface area contributed by atoms with E-state index in [0.717, 1.165) is 46.2 Å². The lowest BCUT2D eigenvalue weighted by Gasteiger charge is -2.15. The summed E-state index contributed by atoms with van der Waals surface area (Å²) in [5.74, 6) is 0.812. The van der Waals surface area contributed by atoms with Gasteiger partial charge in [0.25, 0.3) is 0 Å². The van der Waals surface area contributed by atoms with E-state index in [0.29, 0.717) is 11.5 Å². The summed E-state index contributed by atoms with van der Waals surface area (Å²) in [5.41, 5.74) is 11.2. The lowest BCUT2D eigenvalue weighted by Crippen LogP contribution is -1.99. The van der Waals surface area contributed by atoms with E-state index in [-0.39, 0.29) is 0 Å². The van der Waals surface area contributed by atoms with Crippen molar-refractivity contribution >= 4 is 0 Å². The number of rotatable bonds is 4. The molecular formula is C26H30O2. The topological polar surface area (TPSA) is 40.5 Å². The van der Waals surface area contributed by atoms with Crippen LogP contribution in [0.2, 0.25) is 0 Å². The summed E-state index contributed by atoms with van der Waals surface area (Å²) in [4.78, 5) is 0. The quantitative estimate of drug-likeness (QED) is 0.577. The minimum Gasteiger partial charge on any atom is -0.507 e. The average molecular weight is 375 g/mol. The van der Waals surface area contributed by atoms with Crippen molar-refractivity contribution in [1.82, 2.24) is 0 Å². The predicted molar refractivity (Wildman–Crippen MR) is 117 cm³/mol. The van der Waals surface area contributed by atoms with Crippen LogP contribution in [0.1, 0.15) is 55.6 Å². The normalized spacial score (nSPS) is 11.1. The average Bonchev–Trinajstić information content (AvgIpc) is 2.67. The molecule has 0 radical (unpaired) electrons. The molecule has 28 heavy (non-hydrogen) atoms. The molecule has 0 unspecified atom stereocenters. The molecule has 2 heteroatoms. The van der Waals surface area contributed by atoms with Crippen molar-refractivity contribution in [3.8, 4) is 11.5 Å². The van der Waals surface area contributed by atoms with E-state index < -0.39 is 0 Å². The number of aryl methyl sites for hydroxylation is 2. The minimum absolute atomic E-state index is 0.406. The van der Waals surface area contributed by atoms with Crippen LogP contribution >= 0.6 is 0 Å². The zero-order valence-electron chi connectivity index (χ0n) is 17.8. The number of hydrogen-bond donors (Lipinski definition) is 2. The van der Waals surface area contributed by atoms with Gasteiger partial charge in [-0.05, 0) is 110 Å². The Morgan fingerprint density at radius 3 is 1.36 bits per heavy atom. The van der Waals surface area contributed by atoms with E-state index in [1.54, 1.807) is 0 Å². The molecule has 2 nitrogen and oxygen atoms in total. The molecule has 0 saturated carbocycles. The molecule has 0 aliphatic rings. The first kappa shape index (κ1) is 20.0. The molecule has 0 aromatic heterocycles. The van der Waals surface area contributed by atoms with Crippen LogP contribution in [-0.4, -0.2) is 10.2 Å². The number of benzene rings is 3. The molecule has 0 fully saturated rings. The summed E-state index contributed by atoms with van der Waals surface area (Å²) < 4.78 is 0. The van der Waals surface area contributed by atoms with Gasteiger partial charge in [0.05, 0.1) is 0 Å². The third-order valence-electron chi connectivity index (χ3n) is 6.11. The maximum absolute atomic E-state index is 10.2. The lowest BCUT2D eigenvalue weighted by atomic mass is 9.91. The SMILES string of the molecule is Cc1cc(Cc2cccc(Cc3cc(C)c(O)c(C)c3C)c2)c(C)c(C)c1O. The van der Waals surface area contributed by atoms with E-state index in [9.17, 15) is 10.2 Å². The molecule has 0 saturated heterocycles. The zero-order chi connectivity index (χ0) is 20.6. The largest absolute Gasteiger partial charge is 0.507 e. The molecule has 0 aliphatic carbocycles. The van der Waals surface area contributed by atoms with Crippen molar-refractivity contribution in [1.29, 1.82) is 0 Å². The Morgan fingerprint density at radius 1 is 0.571 bits per heavy atom. The number of phenolic OH excluding ortho intramolecular Hbond substituents is 2. The van der Waals surface area contributed by atoms with Gasteiger partial charge in [-0.2, -0.15) is 0 Å². The molecule has 0 spiro atoms. The Morgan fingerprint density at radius 2 is 0.964 bits per heavy atom. The third-order valence-corrected chi connectivity index (χ3v) is 6.11. The summed E-state index contributed by atoms with van der Waals surface area (Å²) in [6, 6.07) is 12.9. The number of phenols is 2. The van der Waals surface area contributed by atoms with Gasteiger partial charge in [-0.1, -0.05) is 36.4 Å². The van der Waals surface area contributed by atoms with Crippen LogP contribution in [0.5, 0.6) is 11.5 Å². The molecular weight excluding hydrogens is 344 g/mol. The van der Waals surface area contributed by atoms with Crippen LogP contribution < -0.4 is 0 Å². The summed E-state index contributed by atoms with van der Waals surface area (Å²) in [7, 11) is 0. The Bertz CT molecular complexity index is 964. The van der Waals surface area contributed by atoms with Gasteiger partial charge < -0.3 is 10.2 Å². The highest BCUT2D eigenvalue weighted by atomic mass is 16.3. The Labute approximate surface area is 168 Å². The number of hydrogen-bond acceptors (Lipinski definition) is 2. The van der Waals surface area contributed by atoms with Gasteiger partial charge in [0.15, 0.2) is 0 Å². The maximum atomic E-state index is 10.2. The van der Waals surface area contributed by atoms with Crippen LogP contribution in [0.25, 0.3) is 0 Å². The molecule has 3 aromatic carbocycles. The van der Waals surface area contributed by atoms with Gasteiger partial charge in [-0.3, -0.25) is 0 Å². The molecule has 2 N–H and O–H groups in total. The first-order valence-electron chi connectivity index (χ1n) is 9.84. The van der Waals surface area contributed by atoms with E-state index in [1.807, 2.05) is 27.7 Å². The van der Waals surface area contributed by atoms with Crippen molar-refractivity contribution < 1.29 is 10.2 Å². The predicted octanol–water partition coefficient (Wildman–Crippen LogP) is 6.13. The summed E-state index contributed by atoms with van der Waals surface area (Å²) in [6.45, 7) is 12.0. The fourth-order valence-corrected chi connectivity index (χ4v) is 3.96. The molecule has 0 aliphatic heterocycles. The summed E-state index contributed by atoms with van der Waals surface area (Å²) >= 11 is 0. The first-order valence-corrected chi connectivity index (χ1v) is 9.84. The van der Waals surface area contributed by atoms with E-state index >= 15 is 0 Å². The first-order chi connectivity index (χ1) is 13.2. The van der Waals surface area contributed by atoms with Crippen molar-refractivity contribution in [3.63, 3.8) is 0 Å². The molecule has 0 heterocycles. The summed E-state index contributed by atoms with van der Waals surface area (Å²) in [6.07, 6.45) is 1.71. The Balaban J connectivity index is 1.91. The van der Waals surface area contributed by atoms with E-state index in [4.69, 9.17) is 0 Å². The molecule has 0 amide bonds. The fraction of sp³-hybridized carbons (Fsp3) is 0.308. The van der Waals surface area contributed by atoms with Crippen molar-refractivity contribution in [2.45, 2.75) is 54.4 Å². The lowest BCUT2D eigenvalue weighted by molar-refractivity contribution is 0.465. The second kappa shape index (κ2) is 7.71. The van der Waals surface area contributed by atoms with Crippen molar-refractivity contribution in [3.05, 3.63) is 92.0 Å². The standard InChI is InChI=1S/C26H30O2/c1-15-10-23(17(3)19(5)25(15)27)13-21-8-7-9-22(12-21)14-24-11-16(2)26(28)20(6)18(24)4/h7-12,27-28H,13-14H2,1-6H3. The second-order valence-corrected chi connectivity index (χ2v) is 8.08. The highest BCUT2D eigenvalue weighted by Gasteiger charge is 2.12. The Hall–Kier alpha value is -2.74. The minimum atomic E-state index is 0.406. The van der Waals surface area contributed by atoms with Crippen LogP contribution in [-0.2, 0) is 12.8 Å². The fourth-order valence-electron chi connectivity index (χ4n) is 3.96. The maximum Gasteiger partial charge on any atom is 0.121 e. The van der Waals surface area contributed by atoms with Crippen LogP contribution in [0.4, 0.5) is 0 Å². The van der Waals surface area contributed by atoms with Crippen LogP contribution in [0.15, 0.2) is 36.4 Å². The molecule has 3 rings (SSSR count). The van der Waals surface area contributed by atoms with Gasteiger partial charge in [-0.25, -0.2) is 0 Å². The molecule has 0 bridgehead atoms. The monoisotopic (exact) mass is 374 g/mol. The smallest absolute Gasteiger partial charge is 0.121 e. The molecule has 146 valence electrons. The molecule has 0 atom stereocenters. The second-order valence-electron chi connectivity index (χ2n) is 8.08. The Kier molecular flexibility index (Phi) is 5.51. The van der Waals surface area contributed by atoms with Gasteiger partial charge in [0, 0.05) is 0 Å². The zero-order valence-corrected chi connectivity index (χ0v) is 17.8. The van der Waals surface area contributed by atoms with Gasteiger partial charge in [0.1, 0.15) is 11.5 Å². The van der Waals surface area contributed by atoms with Crippen LogP contribution in [0, 0.1) is 41.5 Å². The van der Waals surface area contributed by atoms with Crippen LogP contribution in [0.3, 0.4) is 0 Å². The highest BCUT2D eigenvalue weighted by molar-refractivity contribution is 5.51. The number of aromatic hydroxyl groups is 2.